The third-order valence-electron chi connectivity index (χ3n) is 2.78. The van der Waals surface area contributed by atoms with Crippen molar-refractivity contribution in [1.29, 1.82) is 0 Å². The van der Waals surface area contributed by atoms with Crippen LogP contribution in [0.4, 0.5) is 17.6 Å². The Bertz CT molecular complexity index is 698. The van der Waals surface area contributed by atoms with Crippen molar-refractivity contribution in [3.05, 3.63) is 41.9 Å². The van der Waals surface area contributed by atoms with E-state index >= 15 is 0 Å². The fourth-order valence-corrected chi connectivity index (χ4v) is 1.72. The van der Waals surface area contributed by atoms with Gasteiger partial charge in [-0.05, 0) is 19.1 Å². The molecule has 0 spiro atoms. The number of carbonyl (C=O) groups excluding carboxylic acids is 1. The summed E-state index contributed by atoms with van der Waals surface area (Å²) in [5.41, 5.74) is -2.35. The molecule has 1 unspecified atom stereocenters. The van der Waals surface area contributed by atoms with Crippen LogP contribution in [0.1, 0.15) is 23.0 Å². The molecule has 2 aromatic heterocycles. The molecule has 0 radical (unpaired) electrons. The maximum Gasteiger partial charge on any atom is 0.454 e. The van der Waals surface area contributed by atoms with Crippen molar-refractivity contribution in [2.24, 2.45) is 0 Å². The summed E-state index contributed by atoms with van der Waals surface area (Å²) in [6.07, 6.45) is -3.55. The summed E-state index contributed by atoms with van der Waals surface area (Å²) in [5, 5.41) is 12.5. The van der Waals surface area contributed by atoms with Crippen molar-refractivity contribution < 1.29 is 32.2 Å². The molecule has 0 aliphatic rings. The van der Waals surface area contributed by atoms with E-state index in [1.165, 1.54) is 25.3 Å². The average molecular weight is 333 g/mol. The molecule has 2 heterocycles. The minimum atomic E-state index is -5.68. The lowest BCUT2D eigenvalue weighted by Crippen LogP contribution is -2.39. The molecule has 0 bridgehead atoms. The molecular weight excluding hydrogens is 322 g/mol. The Kier molecular flexibility index (Phi) is 4.37. The van der Waals surface area contributed by atoms with Crippen LogP contribution in [-0.4, -0.2) is 38.6 Å². The number of aliphatic hydroxyl groups is 1. The van der Waals surface area contributed by atoms with Crippen molar-refractivity contribution in [3.8, 4) is 5.82 Å². The Morgan fingerprint density at radius 3 is 2.57 bits per heavy atom. The van der Waals surface area contributed by atoms with Crippen LogP contribution in [0.3, 0.4) is 0 Å². The van der Waals surface area contributed by atoms with Gasteiger partial charge in [-0.25, -0.2) is 14.5 Å². The molecule has 0 fully saturated rings. The van der Waals surface area contributed by atoms with E-state index < -0.39 is 29.3 Å². The van der Waals surface area contributed by atoms with Gasteiger partial charge >= 0.3 is 18.0 Å². The predicted molar refractivity (Wildman–Crippen MR) is 68.4 cm³/mol. The van der Waals surface area contributed by atoms with Gasteiger partial charge in [-0.2, -0.15) is 22.7 Å². The standard InChI is InChI=1S/C13H11F4N3O3/c1-2-23-11(21)8-7-20(9-5-3-4-6-18-9)19-10(8)12(14,22)13(15,16)17/h3-7,22H,2H2,1H3. The number of nitrogens with zero attached hydrogens (tertiary/aromatic N) is 3. The van der Waals surface area contributed by atoms with Gasteiger partial charge in [0.25, 0.3) is 0 Å². The molecule has 2 aromatic rings. The first-order valence-corrected chi connectivity index (χ1v) is 6.35. The SMILES string of the molecule is CCOC(=O)c1cn(-c2ccccn2)nc1C(O)(F)C(F)(F)F. The number of alkyl halides is 4. The molecule has 1 atom stereocenters. The molecule has 0 amide bonds. The topological polar surface area (TPSA) is 77.2 Å². The maximum absolute atomic E-state index is 13.8. The third-order valence-corrected chi connectivity index (χ3v) is 2.78. The number of halogens is 4. The quantitative estimate of drug-likeness (QED) is 0.685. The summed E-state index contributed by atoms with van der Waals surface area (Å²) in [6.45, 7) is 1.27. The van der Waals surface area contributed by atoms with Gasteiger partial charge in [0.05, 0.1) is 6.61 Å². The molecule has 0 saturated heterocycles. The van der Waals surface area contributed by atoms with Gasteiger partial charge in [-0.1, -0.05) is 6.07 Å². The molecule has 1 N–H and O–H groups in total. The Balaban J connectivity index is 2.60. The van der Waals surface area contributed by atoms with E-state index in [9.17, 15) is 27.5 Å². The summed E-state index contributed by atoms with van der Waals surface area (Å²) in [6, 6.07) is 4.43. The van der Waals surface area contributed by atoms with Crippen LogP contribution in [0.25, 0.3) is 5.82 Å². The maximum atomic E-state index is 13.8. The molecule has 10 heteroatoms. The Labute approximate surface area is 127 Å². The van der Waals surface area contributed by atoms with E-state index in [2.05, 4.69) is 14.8 Å². The van der Waals surface area contributed by atoms with E-state index in [0.29, 0.717) is 0 Å². The molecule has 0 aliphatic heterocycles. The third kappa shape index (κ3) is 3.16. The summed E-state index contributed by atoms with van der Waals surface area (Å²) < 4.78 is 57.3. The first-order valence-electron chi connectivity index (χ1n) is 6.35. The monoisotopic (exact) mass is 333 g/mol. The van der Waals surface area contributed by atoms with E-state index in [4.69, 9.17) is 0 Å². The normalized spacial score (nSPS) is 14.3. The molecule has 0 aromatic carbocycles. The molecule has 124 valence electrons. The zero-order chi connectivity index (χ0) is 17.3. The molecular formula is C13H11F4N3O3. The van der Waals surface area contributed by atoms with Gasteiger partial charge < -0.3 is 9.84 Å². The van der Waals surface area contributed by atoms with Gasteiger partial charge in [0.1, 0.15) is 5.56 Å². The zero-order valence-corrected chi connectivity index (χ0v) is 11.7. The lowest BCUT2D eigenvalue weighted by molar-refractivity contribution is -0.325. The number of hydrogen-bond donors (Lipinski definition) is 1. The zero-order valence-electron chi connectivity index (χ0n) is 11.7. The number of pyridine rings is 1. The van der Waals surface area contributed by atoms with Gasteiger partial charge in [-0.15, -0.1) is 0 Å². The van der Waals surface area contributed by atoms with E-state index in [1.807, 2.05) is 0 Å². The van der Waals surface area contributed by atoms with E-state index in [1.54, 1.807) is 6.07 Å². The Morgan fingerprint density at radius 2 is 2.04 bits per heavy atom. The highest BCUT2D eigenvalue weighted by Crippen LogP contribution is 2.41. The van der Waals surface area contributed by atoms with E-state index in [0.717, 1.165) is 10.9 Å². The first kappa shape index (κ1) is 16.9. The van der Waals surface area contributed by atoms with Crippen LogP contribution in [0.2, 0.25) is 0 Å². The second-order valence-corrected chi connectivity index (χ2v) is 4.36. The molecule has 2 rings (SSSR count). The molecule has 0 saturated carbocycles. The van der Waals surface area contributed by atoms with E-state index in [-0.39, 0.29) is 12.4 Å². The van der Waals surface area contributed by atoms with Crippen LogP contribution in [0.5, 0.6) is 0 Å². The molecule has 6 nitrogen and oxygen atoms in total. The van der Waals surface area contributed by atoms with Crippen molar-refractivity contribution in [2.45, 2.75) is 19.0 Å². The Hall–Kier alpha value is -2.49. The summed E-state index contributed by atoms with van der Waals surface area (Å²) >= 11 is 0. The second kappa shape index (κ2) is 5.95. The van der Waals surface area contributed by atoms with Crippen LogP contribution < -0.4 is 0 Å². The Morgan fingerprint density at radius 1 is 1.35 bits per heavy atom. The van der Waals surface area contributed by atoms with Crippen molar-refractivity contribution in [1.82, 2.24) is 14.8 Å². The smallest absolute Gasteiger partial charge is 0.454 e. The number of rotatable bonds is 4. The second-order valence-electron chi connectivity index (χ2n) is 4.36. The predicted octanol–water partition coefficient (Wildman–Crippen LogP) is 2.12. The fraction of sp³-hybridized carbons (Fsp3) is 0.308. The highest BCUT2D eigenvalue weighted by atomic mass is 19.4. The van der Waals surface area contributed by atoms with Crippen molar-refractivity contribution in [2.75, 3.05) is 6.61 Å². The van der Waals surface area contributed by atoms with Crippen LogP contribution in [-0.2, 0) is 10.6 Å². The van der Waals surface area contributed by atoms with Crippen LogP contribution in [0.15, 0.2) is 30.6 Å². The highest BCUT2D eigenvalue weighted by Gasteiger charge is 2.60. The number of aromatic nitrogens is 3. The summed E-state index contributed by atoms with van der Waals surface area (Å²) in [5.74, 6) is -6.03. The van der Waals surface area contributed by atoms with Crippen molar-refractivity contribution >= 4 is 5.97 Å². The highest BCUT2D eigenvalue weighted by molar-refractivity contribution is 5.90. The summed E-state index contributed by atoms with van der Waals surface area (Å²) in [4.78, 5) is 15.6. The van der Waals surface area contributed by atoms with Gasteiger partial charge in [-0.3, -0.25) is 0 Å². The minimum Gasteiger partial charge on any atom is -0.462 e. The molecule has 0 aliphatic carbocycles. The average Bonchev–Trinajstić information content (AvgIpc) is 2.93. The van der Waals surface area contributed by atoms with Gasteiger partial charge in [0.15, 0.2) is 11.5 Å². The van der Waals surface area contributed by atoms with Crippen LogP contribution in [0, 0.1) is 0 Å². The largest absolute Gasteiger partial charge is 0.462 e. The lowest BCUT2D eigenvalue weighted by atomic mass is 10.1. The first-order chi connectivity index (χ1) is 10.7. The molecule has 23 heavy (non-hydrogen) atoms. The minimum absolute atomic E-state index is 0.0299. The number of esters is 1. The lowest BCUT2D eigenvalue weighted by Gasteiger charge is -2.20. The van der Waals surface area contributed by atoms with Gasteiger partial charge in [0, 0.05) is 12.4 Å². The fourth-order valence-electron chi connectivity index (χ4n) is 1.72. The number of ether oxygens (including phenoxy) is 1. The number of carbonyl (C=O) groups is 1. The summed E-state index contributed by atoms with van der Waals surface area (Å²) in [7, 11) is 0. The van der Waals surface area contributed by atoms with Crippen molar-refractivity contribution in [3.63, 3.8) is 0 Å². The number of hydrogen-bond acceptors (Lipinski definition) is 5. The van der Waals surface area contributed by atoms with Gasteiger partial charge in [0.2, 0.25) is 0 Å². The van der Waals surface area contributed by atoms with Crippen LogP contribution >= 0.6 is 0 Å².